The highest BCUT2D eigenvalue weighted by Crippen LogP contribution is 2.13. The van der Waals surface area contributed by atoms with Crippen LogP contribution in [0.4, 0.5) is 11.5 Å². The third-order valence-electron chi connectivity index (χ3n) is 2.75. The zero-order valence-electron chi connectivity index (χ0n) is 10.2. The summed E-state index contributed by atoms with van der Waals surface area (Å²) in [5.41, 5.74) is 5.78. The van der Waals surface area contributed by atoms with Crippen LogP contribution in [0.15, 0.2) is 33.9 Å². The smallest absolute Gasteiger partial charge is 0.329 e. The highest BCUT2D eigenvalue weighted by molar-refractivity contribution is 6.30. The molecule has 2 aromatic rings. The van der Waals surface area contributed by atoms with Crippen LogP contribution in [0.1, 0.15) is 5.56 Å². The molecule has 0 aliphatic carbocycles. The second kappa shape index (κ2) is 5.19. The number of rotatable bonds is 3. The number of hydrogen-bond donors (Lipinski definition) is 3. The van der Waals surface area contributed by atoms with Crippen molar-refractivity contribution in [3.8, 4) is 0 Å². The van der Waals surface area contributed by atoms with Gasteiger partial charge in [-0.15, -0.1) is 0 Å². The zero-order chi connectivity index (χ0) is 14.0. The maximum Gasteiger partial charge on any atom is 0.329 e. The second-order valence-electron chi connectivity index (χ2n) is 4.06. The normalized spacial score (nSPS) is 10.4. The minimum Gasteiger partial charge on any atom is -0.383 e. The number of nitrogens with zero attached hydrogens (tertiary/aromatic N) is 1. The van der Waals surface area contributed by atoms with Gasteiger partial charge in [0.2, 0.25) is 0 Å². The van der Waals surface area contributed by atoms with Crippen LogP contribution in [-0.2, 0) is 13.6 Å². The van der Waals surface area contributed by atoms with Crippen molar-refractivity contribution in [1.29, 1.82) is 0 Å². The lowest BCUT2D eigenvalue weighted by atomic mass is 10.2. The standard InChI is InChI=1S/C12H13ClN4O2/c1-17-10(14)9(11(18)16-12(17)19)15-6-7-2-4-8(13)5-3-7/h2-5,15H,6,14H2,1H3,(H,16,18,19). The summed E-state index contributed by atoms with van der Waals surface area (Å²) in [5, 5.41) is 3.56. The summed E-state index contributed by atoms with van der Waals surface area (Å²) >= 11 is 5.78. The maximum absolute atomic E-state index is 11.7. The Morgan fingerprint density at radius 1 is 1.32 bits per heavy atom. The fourth-order valence-electron chi connectivity index (χ4n) is 1.60. The summed E-state index contributed by atoms with van der Waals surface area (Å²) in [5.74, 6) is 0.0997. The van der Waals surface area contributed by atoms with Gasteiger partial charge >= 0.3 is 5.69 Å². The number of nitrogen functional groups attached to an aromatic ring is 1. The van der Waals surface area contributed by atoms with E-state index in [0.717, 1.165) is 5.56 Å². The molecule has 0 radical (unpaired) electrons. The third-order valence-corrected chi connectivity index (χ3v) is 3.00. The van der Waals surface area contributed by atoms with Crippen LogP contribution in [0, 0.1) is 0 Å². The van der Waals surface area contributed by atoms with E-state index in [-0.39, 0.29) is 11.5 Å². The van der Waals surface area contributed by atoms with Crippen molar-refractivity contribution in [3.05, 3.63) is 55.7 Å². The Bertz CT molecular complexity index is 703. The molecule has 4 N–H and O–H groups in total. The van der Waals surface area contributed by atoms with E-state index < -0.39 is 11.2 Å². The second-order valence-corrected chi connectivity index (χ2v) is 4.49. The monoisotopic (exact) mass is 280 g/mol. The SMILES string of the molecule is Cn1c(N)c(NCc2ccc(Cl)cc2)c(=O)[nH]c1=O. The van der Waals surface area contributed by atoms with Crippen LogP contribution in [-0.4, -0.2) is 9.55 Å². The van der Waals surface area contributed by atoms with E-state index in [2.05, 4.69) is 10.3 Å². The highest BCUT2D eigenvalue weighted by Gasteiger charge is 2.09. The molecule has 0 bridgehead atoms. The Morgan fingerprint density at radius 3 is 2.58 bits per heavy atom. The van der Waals surface area contributed by atoms with E-state index in [1.54, 1.807) is 12.1 Å². The average Bonchev–Trinajstić information content (AvgIpc) is 2.38. The van der Waals surface area contributed by atoms with Gasteiger partial charge in [0, 0.05) is 18.6 Å². The van der Waals surface area contributed by atoms with E-state index in [4.69, 9.17) is 17.3 Å². The van der Waals surface area contributed by atoms with Gasteiger partial charge in [-0.05, 0) is 17.7 Å². The predicted molar refractivity (Wildman–Crippen MR) is 75.5 cm³/mol. The van der Waals surface area contributed by atoms with Gasteiger partial charge in [0.1, 0.15) is 11.5 Å². The molecule has 1 aromatic carbocycles. The molecular formula is C12H13ClN4O2. The Hall–Kier alpha value is -2.21. The first-order chi connectivity index (χ1) is 8.99. The molecule has 1 heterocycles. The molecule has 0 fully saturated rings. The molecule has 6 nitrogen and oxygen atoms in total. The van der Waals surface area contributed by atoms with Crippen molar-refractivity contribution in [2.24, 2.45) is 7.05 Å². The van der Waals surface area contributed by atoms with E-state index >= 15 is 0 Å². The lowest BCUT2D eigenvalue weighted by molar-refractivity contribution is 0.812. The van der Waals surface area contributed by atoms with Crippen molar-refractivity contribution in [1.82, 2.24) is 9.55 Å². The number of nitrogens with two attached hydrogens (primary N) is 1. The van der Waals surface area contributed by atoms with Crippen LogP contribution in [0.3, 0.4) is 0 Å². The summed E-state index contributed by atoms with van der Waals surface area (Å²) in [6.45, 7) is 0.405. The lowest BCUT2D eigenvalue weighted by Crippen LogP contribution is -2.32. The Kier molecular flexibility index (Phi) is 3.62. The number of hydrogen-bond acceptors (Lipinski definition) is 4. The van der Waals surface area contributed by atoms with Crippen LogP contribution >= 0.6 is 11.6 Å². The number of aromatic nitrogens is 2. The minimum absolute atomic E-state index is 0.0997. The fourth-order valence-corrected chi connectivity index (χ4v) is 1.73. The van der Waals surface area contributed by atoms with Crippen LogP contribution < -0.4 is 22.3 Å². The summed E-state index contributed by atoms with van der Waals surface area (Å²) in [6, 6.07) is 7.18. The van der Waals surface area contributed by atoms with Crippen LogP contribution in [0.5, 0.6) is 0 Å². The van der Waals surface area contributed by atoms with Gasteiger partial charge in [-0.2, -0.15) is 0 Å². The molecule has 2 rings (SSSR count). The summed E-state index contributed by atoms with van der Waals surface area (Å²) < 4.78 is 1.17. The van der Waals surface area contributed by atoms with E-state index in [9.17, 15) is 9.59 Å². The van der Waals surface area contributed by atoms with Gasteiger partial charge in [0.15, 0.2) is 0 Å². The van der Waals surface area contributed by atoms with Crippen molar-refractivity contribution in [2.45, 2.75) is 6.54 Å². The van der Waals surface area contributed by atoms with Gasteiger partial charge in [-0.1, -0.05) is 23.7 Å². The van der Waals surface area contributed by atoms with E-state index in [1.807, 2.05) is 12.1 Å². The first kappa shape index (κ1) is 13.2. The van der Waals surface area contributed by atoms with Crippen LogP contribution in [0.25, 0.3) is 0 Å². The van der Waals surface area contributed by atoms with Gasteiger partial charge in [0.05, 0.1) is 0 Å². The zero-order valence-corrected chi connectivity index (χ0v) is 11.0. The highest BCUT2D eigenvalue weighted by atomic mass is 35.5. The summed E-state index contributed by atoms with van der Waals surface area (Å²) in [4.78, 5) is 25.1. The van der Waals surface area contributed by atoms with E-state index in [1.165, 1.54) is 11.6 Å². The fraction of sp³-hybridized carbons (Fsp3) is 0.167. The maximum atomic E-state index is 11.7. The molecule has 0 atom stereocenters. The van der Waals surface area contributed by atoms with Crippen molar-refractivity contribution in [2.75, 3.05) is 11.1 Å². The van der Waals surface area contributed by atoms with Gasteiger partial charge in [-0.3, -0.25) is 14.3 Å². The molecule has 7 heteroatoms. The minimum atomic E-state index is -0.542. The first-order valence-electron chi connectivity index (χ1n) is 5.56. The molecule has 100 valence electrons. The molecule has 0 amide bonds. The van der Waals surface area contributed by atoms with E-state index in [0.29, 0.717) is 11.6 Å². The molecule has 1 aromatic heterocycles. The summed E-state index contributed by atoms with van der Waals surface area (Å²) in [7, 11) is 1.49. The molecule has 0 spiro atoms. The first-order valence-corrected chi connectivity index (χ1v) is 5.94. The topological polar surface area (TPSA) is 92.9 Å². The number of aromatic amines is 1. The van der Waals surface area contributed by atoms with Crippen LogP contribution in [0.2, 0.25) is 5.02 Å². The predicted octanol–water partition coefficient (Wildman–Crippen LogP) is 0.921. The van der Waals surface area contributed by atoms with Gasteiger partial charge in [-0.25, -0.2) is 4.79 Å². The van der Waals surface area contributed by atoms with Crippen molar-refractivity contribution >= 4 is 23.1 Å². The number of nitrogens with one attached hydrogen (secondary N) is 2. The molecule has 0 aliphatic rings. The molecule has 0 saturated heterocycles. The molecular weight excluding hydrogens is 268 g/mol. The largest absolute Gasteiger partial charge is 0.383 e. The van der Waals surface area contributed by atoms with Gasteiger partial charge < -0.3 is 11.1 Å². The van der Waals surface area contributed by atoms with Crippen molar-refractivity contribution < 1.29 is 0 Å². The Morgan fingerprint density at radius 2 is 1.95 bits per heavy atom. The molecule has 0 unspecified atom stereocenters. The number of benzene rings is 1. The lowest BCUT2D eigenvalue weighted by Gasteiger charge is -2.10. The number of halogens is 1. The summed E-state index contributed by atoms with van der Waals surface area (Å²) in [6.07, 6.45) is 0. The quantitative estimate of drug-likeness (QED) is 0.779. The van der Waals surface area contributed by atoms with Crippen molar-refractivity contribution in [3.63, 3.8) is 0 Å². The Balaban J connectivity index is 2.25. The number of anilines is 2. The molecule has 19 heavy (non-hydrogen) atoms. The third kappa shape index (κ3) is 2.79. The average molecular weight is 281 g/mol. The molecule has 0 saturated carbocycles. The Labute approximate surface area is 113 Å². The molecule has 0 aliphatic heterocycles. The van der Waals surface area contributed by atoms with Gasteiger partial charge in [0.25, 0.3) is 5.56 Å². The number of H-pyrrole nitrogens is 1.